The van der Waals surface area contributed by atoms with Crippen LogP contribution in [0.25, 0.3) is 0 Å². The quantitative estimate of drug-likeness (QED) is 0.143. The van der Waals surface area contributed by atoms with E-state index in [0.717, 1.165) is 0 Å². The number of hydrogen-bond donors (Lipinski definition) is 11. The number of hydrogen-bond acceptors (Lipinski definition) is 16. The molecule has 0 amide bonds. The van der Waals surface area contributed by atoms with E-state index in [0.29, 0.717) is 6.42 Å². The van der Waals surface area contributed by atoms with Crippen molar-refractivity contribution in [3.63, 3.8) is 0 Å². The van der Waals surface area contributed by atoms with Crippen molar-refractivity contribution in [3.05, 3.63) is 0 Å². The molecule has 4 aliphatic rings. The summed E-state index contributed by atoms with van der Waals surface area (Å²) in [6, 6.07) is -2.12. The van der Waals surface area contributed by atoms with Gasteiger partial charge in [0.05, 0.1) is 31.5 Å². The molecule has 0 aromatic rings. The number of fused-ring (bicyclic) bond motifs is 1. The summed E-state index contributed by atoms with van der Waals surface area (Å²) in [4.78, 5) is 0. The van der Waals surface area contributed by atoms with Crippen LogP contribution in [0.15, 0.2) is 0 Å². The number of likely N-dealkylation sites (N-methyl/N-ethyl adjacent to an activating group) is 2. The second-order valence-electron chi connectivity index (χ2n) is 9.95. The second-order valence-corrected chi connectivity index (χ2v) is 9.95. The summed E-state index contributed by atoms with van der Waals surface area (Å²) in [5.41, 5.74) is 5.81. The molecule has 4 fully saturated rings. The molecule has 12 N–H and O–H groups in total. The SMILES string of the molecule is CNC1CC(NC)C(O)C(OC2OC(CO)C(O)C3OC4(OC(C(N)CO)C(O)C(O)C4O)OC23)C1O. The minimum absolute atomic E-state index is 0.389. The van der Waals surface area contributed by atoms with Crippen molar-refractivity contribution in [1.82, 2.24) is 10.6 Å². The van der Waals surface area contributed by atoms with E-state index < -0.39 is 111 Å². The van der Waals surface area contributed by atoms with Crippen LogP contribution in [0.2, 0.25) is 0 Å². The third-order valence-electron chi connectivity index (χ3n) is 7.74. The highest BCUT2D eigenvalue weighted by Crippen LogP contribution is 2.45. The Hall–Kier alpha value is -0.640. The Morgan fingerprint density at radius 2 is 1.46 bits per heavy atom. The molecule has 0 aromatic carbocycles. The maximum Gasteiger partial charge on any atom is 0.314 e. The maximum atomic E-state index is 10.9. The van der Waals surface area contributed by atoms with E-state index in [2.05, 4.69) is 10.6 Å². The van der Waals surface area contributed by atoms with Crippen molar-refractivity contribution in [2.24, 2.45) is 5.73 Å². The molecule has 4 rings (SSSR count). The van der Waals surface area contributed by atoms with Crippen LogP contribution >= 0.6 is 0 Å². The largest absolute Gasteiger partial charge is 0.395 e. The molecule has 3 saturated heterocycles. The molecule has 37 heavy (non-hydrogen) atoms. The van der Waals surface area contributed by atoms with Gasteiger partial charge in [0, 0.05) is 12.1 Å². The Balaban J connectivity index is 1.63. The summed E-state index contributed by atoms with van der Waals surface area (Å²) >= 11 is 0. The third kappa shape index (κ3) is 5.04. The predicted molar refractivity (Wildman–Crippen MR) is 119 cm³/mol. The van der Waals surface area contributed by atoms with Crippen molar-refractivity contribution in [1.29, 1.82) is 0 Å². The van der Waals surface area contributed by atoms with Crippen LogP contribution in [0.1, 0.15) is 6.42 Å². The Morgan fingerprint density at radius 1 is 0.865 bits per heavy atom. The molecule has 0 radical (unpaired) electrons. The highest BCUT2D eigenvalue weighted by atomic mass is 16.9. The molecule has 16 heteroatoms. The Labute approximate surface area is 212 Å². The zero-order valence-electron chi connectivity index (χ0n) is 20.5. The van der Waals surface area contributed by atoms with Crippen LogP contribution in [-0.4, -0.2) is 166 Å². The molecule has 3 heterocycles. The van der Waals surface area contributed by atoms with Crippen LogP contribution < -0.4 is 16.4 Å². The van der Waals surface area contributed by atoms with Crippen molar-refractivity contribution in [2.45, 2.75) is 104 Å². The van der Waals surface area contributed by atoms with Crippen LogP contribution in [0.5, 0.6) is 0 Å². The third-order valence-corrected chi connectivity index (χ3v) is 7.74. The first-order chi connectivity index (χ1) is 17.5. The Kier molecular flexibility index (Phi) is 9.09. The molecule has 3 aliphatic heterocycles. The smallest absolute Gasteiger partial charge is 0.314 e. The first-order valence-corrected chi connectivity index (χ1v) is 12.3. The van der Waals surface area contributed by atoms with Gasteiger partial charge in [-0.1, -0.05) is 0 Å². The van der Waals surface area contributed by atoms with E-state index >= 15 is 0 Å². The number of nitrogens with one attached hydrogen (secondary N) is 2. The maximum absolute atomic E-state index is 10.9. The topological polar surface area (TPSA) is 258 Å². The van der Waals surface area contributed by atoms with Crippen LogP contribution in [0.3, 0.4) is 0 Å². The van der Waals surface area contributed by atoms with Crippen molar-refractivity contribution < 1.29 is 64.5 Å². The predicted octanol–water partition coefficient (Wildman–Crippen LogP) is -7.01. The number of aliphatic hydroxyl groups is 8. The lowest BCUT2D eigenvalue weighted by Gasteiger charge is -2.46. The summed E-state index contributed by atoms with van der Waals surface area (Å²) in [7, 11) is 3.29. The van der Waals surface area contributed by atoms with E-state index in [1.807, 2.05) is 0 Å². The molecule has 1 aliphatic carbocycles. The lowest BCUT2D eigenvalue weighted by molar-refractivity contribution is -0.439. The van der Waals surface area contributed by atoms with E-state index in [1.165, 1.54) is 0 Å². The molecule has 1 spiro atoms. The summed E-state index contributed by atoms with van der Waals surface area (Å²) in [6.07, 6.45) is -17.2. The average molecular weight is 542 g/mol. The summed E-state index contributed by atoms with van der Waals surface area (Å²) in [5.74, 6) is -2.47. The standard InChI is InChI=1S/C21H39N3O13/c1-23-7-3-8(24-2)11(28)16(10(7)27)34-20-18-17(12(29)9(5-26)33-20)36-21(37-18)19(32)14(31)13(30)15(35-21)6(22)4-25/h6-20,23-32H,3-5,22H2,1-2H3. The summed E-state index contributed by atoms with van der Waals surface area (Å²) in [5, 5.41) is 89.3. The fraction of sp³-hybridized carbons (Fsp3) is 1.00. The summed E-state index contributed by atoms with van der Waals surface area (Å²) in [6.45, 7) is -1.31. The van der Waals surface area contributed by atoms with E-state index in [9.17, 15) is 40.9 Å². The van der Waals surface area contributed by atoms with E-state index in [1.54, 1.807) is 14.1 Å². The van der Waals surface area contributed by atoms with Crippen molar-refractivity contribution >= 4 is 0 Å². The van der Waals surface area contributed by atoms with E-state index in [-0.39, 0.29) is 0 Å². The number of nitrogens with two attached hydrogens (primary N) is 1. The molecular formula is C21H39N3O13. The van der Waals surface area contributed by atoms with Gasteiger partial charge in [-0.25, -0.2) is 0 Å². The molecule has 0 aromatic heterocycles. The molecule has 16 nitrogen and oxygen atoms in total. The Bertz CT molecular complexity index is 755. The van der Waals surface area contributed by atoms with Gasteiger partial charge < -0.3 is 80.9 Å². The normalized spacial score (nSPS) is 53.3. The van der Waals surface area contributed by atoms with Crippen molar-refractivity contribution in [2.75, 3.05) is 27.3 Å². The van der Waals surface area contributed by atoms with Crippen molar-refractivity contribution in [3.8, 4) is 0 Å². The van der Waals surface area contributed by atoms with Gasteiger partial charge in [-0.05, 0) is 20.5 Å². The molecule has 1 saturated carbocycles. The minimum Gasteiger partial charge on any atom is -0.395 e. The van der Waals surface area contributed by atoms with Crippen LogP contribution in [0.4, 0.5) is 0 Å². The first-order valence-electron chi connectivity index (χ1n) is 12.3. The van der Waals surface area contributed by atoms with Gasteiger partial charge >= 0.3 is 5.97 Å². The van der Waals surface area contributed by atoms with Crippen LogP contribution in [0, 0.1) is 0 Å². The molecule has 15 unspecified atom stereocenters. The minimum atomic E-state index is -2.47. The first kappa shape index (κ1) is 29.3. The molecule has 15 atom stereocenters. The fourth-order valence-corrected chi connectivity index (χ4v) is 5.48. The fourth-order valence-electron chi connectivity index (χ4n) is 5.48. The van der Waals surface area contributed by atoms with Gasteiger partial charge in [0.25, 0.3) is 0 Å². The lowest BCUT2D eigenvalue weighted by Crippen LogP contribution is -2.69. The number of rotatable bonds is 7. The van der Waals surface area contributed by atoms with Gasteiger partial charge in [0.2, 0.25) is 0 Å². The zero-order chi connectivity index (χ0) is 27.2. The van der Waals surface area contributed by atoms with Gasteiger partial charge in [-0.3, -0.25) is 0 Å². The zero-order valence-corrected chi connectivity index (χ0v) is 20.5. The Morgan fingerprint density at radius 3 is 2.00 bits per heavy atom. The highest BCUT2D eigenvalue weighted by molar-refractivity contribution is 5.05. The van der Waals surface area contributed by atoms with Gasteiger partial charge in [-0.2, -0.15) is 0 Å². The van der Waals surface area contributed by atoms with Gasteiger partial charge in [-0.15, -0.1) is 0 Å². The highest BCUT2D eigenvalue weighted by Gasteiger charge is 2.67. The molecule has 0 bridgehead atoms. The molecule has 216 valence electrons. The average Bonchev–Trinajstić information content (AvgIpc) is 3.29. The monoisotopic (exact) mass is 541 g/mol. The van der Waals surface area contributed by atoms with Crippen LogP contribution in [-0.2, 0) is 23.7 Å². The van der Waals surface area contributed by atoms with Gasteiger partial charge in [0.1, 0.15) is 48.8 Å². The molecular weight excluding hydrogens is 502 g/mol. The summed E-state index contributed by atoms with van der Waals surface area (Å²) < 4.78 is 29.0. The van der Waals surface area contributed by atoms with Gasteiger partial charge in [0.15, 0.2) is 12.4 Å². The number of aliphatic hydroxyl groups excluding tert-OH is 8. The lowest BCUT2D eigenvalue weighted by atomic mass is 9.83. The number of ether oxygens (including phenoxy) is 5. The second kappa shape index (κ2) is 11.5. The van der Waals surface area contributed by atoms with E-state index in [4.69, 9.17) is 29.4 Å².